The number of aliphatic hydroxyl groups is 1. The molecule has 3 nitrogen and oxygen atoms in total. The van der Waals surface area contributed by atoms with Crippen molar-refractivity contribution in [2.75, 3.05) is 6.54 Å². The molecule has 0 fully saturated rings. The first-order chi connectivity index (χ1) is 4.81. The fourth-order valence-corrected chi connectivity index (χ4v) is 0.348. The van der Waals surface area contributed by atoms with Crippen molar-refractivity contribution in [2.45, 2.75) is 13.8 Å². The first-order valence-electron chi connectivity index (χ1n) is 3.00. The first kappa shape index (κ1) is 8.70. The molecule has 0 aromatic heterocycles. The van der Waals surface area contributed by atoms with Gasteiger partial charge < -0.3 is 5.11 Å². The van der Waals surface area contributed by atoms with Crippen LogP contribution < -0.4 is 0 Å². The molecule has 0 heterocycles. The van der Waals surface area contributed by atoms with Crippen LogP contribution >= 0.6 is 0 Å². The minimum atomic E-state index is 0.664. The lowest BCUT2D eigenvalue weighted by molar-refractivity contribution is 0.517. The average molecular weight is 138 g/mol. The van der Waals surface area contributed by atoms with Crippen LogP contribution in [0.25, 0.3) is 0 Å². The van der Waals surface area contributed by atoms with Crippen molar-refractivity contribution in [1.82, 2.24) is 0 Å². The van der Waals surface area contributed by atoms with Crippen molar-refractivity contribution < 1.29 is 5.11 Å². The highest BCUT2D eigenvalue weighted by Gasteiger charge is 1.77. The summed E-state index contributed by atoms with van der Waals surface area (Å²) >= 11 is 0. The summed E-state index contributed by atoms with van der Waals surface area (Å²) in [7, 11) is 0. The summed E-state index contributed by atoms with van der Waals surface area (Å²) in [5.74, 6) is 2.35. The molecule has 54 valence electrons. The van der Waals surface area contributed by atoms with Crippen molar-refractivity contribution in [2.24, 2.45) is 10.2 Å². The maximum atomic E-state index is 8.06. The molecule has 0 spiro atoms. The monoisotopic (exact) mass is 138 g/mol. The molecular weight excluding hydrogens is 128 g/mol. The highest BCUT2D eigenvalue weighted by Crippen LogP contribution is 1.93. The van der Waals surface area contributed by atoms with Gasteiger partial charge in [-0.1, -0.05) is 0 Å². The lowest BCUT2D eigenvalue weighted by Crippen LogP contribution is -1.68. The second-order valence-electron chi connectivity index (χ2n) is 1.60. The molecular formula is C7H10N2O. The summed E-state index contributed by atoms with van der Waals surface area (Å²) < 4.78 is 0. The standard InChI is InChI=1S/C7H10N2O/c1-3-8-9-7(2)5-4-6-10/h5,10H,3H2,1-2H3/b7-5-,9-8?. The van der Waals surface area contributed by atoms with E-state index in [1.54, 1.807) is 13.0 Å². The Balaban J connectivity index is 3.90. The molecule has 0 amide bonds. The highest BCUT2D eigenvalue weighted by molar-refractivity contribution is 5.16. The summed E-state index contributed by atoms with van der Waals surface area (Å²) in [6.07, 6.45) is 3.25. The third-order valence-electron chi connectivity index (χ3n) is 0.715. The Labute approximate surface area is 60.5 Å². The van der Waals surface area contributed by atoms with Crippen molar-refractivity contribution in [3.05, 3.63) is 11.8 Å². The van der Waals surface area contributed by atoms with Crippen LogP contribution in [0.4, 0.5) is 0 Å². The van der Waals surface area contributed by atoms with Gasteiger partial charge in [-0.3, -0.25) is 0 Å². The maximum absolute atomic E-state index is 8.06. The molecule has 0 atom stereocenters. The van der Waals surface area contributed by atoms with Crippen molar-refractivity contribution in [1.29, 1.82) is 0 Å². The van der Waals surface area contributed by atoms with E-state index in [-0.39, 0.29) is 0 Å². The number of nitrogens with zero attached hydrogens (tertiary/aromatic N) is 2. The molecule has 0 aromatic carbocycles. The lowest BCUT2D eigenvalue weighted by atomic mass is 10.5. The maximum Gasteiger partial charge on any atom is 0.112 e. The molecule has 10 heavy (non-hydrogen) atoms. The zero-order valence-electron chi connectivity index (χ0n) is 6.13. The van der Waals surface area contributed by atoms with Crippen LogP contribution in [0.2, 0.25) is 0 Å². The molecule has 0 unspecified atom stereocenters. The van der Waals surface area contributed by atoms with Crippen LogP contribution in [0.1, 0.15) is 13.8 Å². The third-order valence-corrected chi connectivity index (χ3v) is 0.715. The number of azo groups is 1. The fourth-order valence-electron chi connectivity index (χ4n) is 0.348. The summed E-state index contributed by atoms with van der Waals surface area (Å²) in [4.78, 5) is 0. The Morgan fingerprint density at radius 1 is 1.70 bits per heavy atom. The van der Waals surface area contributed by atoms with Crippen LogP contribution in [0.15, 0.2) is 22.0 Å². The summed E-state index contributed by atoms with van der Waals surface area (Å²) in [5, 5.41) is 15.5. The van der Waals surface area contributed by atoms with Crippen molar-refractivity contribution >= 4 is 0 Å². The zero-order valence-corrected chi connectivity index (χ0v) is 6.13. The van der Waals surface area contributed by atoms with Gasteiger partial charge in [-0.25, -0.2) is 0 Å². The number of hydrogen-bond donors (Lipinski definition) is 1. The van der Waals surface area contributed by atoms with Crippen LogP contribution in [-0.4, -0.2) is 11.7 Å². The minimum absolute atomic E-state index is 0.664. The van der Waals surface area contributed by atoms with Gasteiger partial charge in [-0.15, -0.1) is 0 Å². The van der Waals surface area contributed by atoms with E-state index in [9.17, 15) is 0 Å². The topological polar surface area (TPSA) is 45.0 Å². The third kappa shape index (κ3) is 4.85. The van der Waals surface area contributed by atoms with Gasteiger partial charge >= 0.3 is 0 Å². The second-order valence-corrected chi connectivity index (χ2v) is 1.60. The molecule has 1 N–H and O–H groups in total. The summed E-state index contributed by atoms with van der Waals surface area (Å²) in [5.41, 5.74) is 0.698. The quantitative estimate of drug-likeness (QED) is 0.458. The molecule has 0 rings (SSSR count). The van der Waals surface area contributed by atoms with Crippen LogP contribution in [0.3, 0.4) is 0 Å². The van der Waals surface area contributed by atoms with Gasteiger partial charge in [-0.05, 0) is 19.8 Å². The Morgan fingerprint density at radius 3 is 2.90 bits per heavy atom. The largest absolute Gasteiger partial charge is 0.462 e. The summed E-state index contributed by atoms with van der Waals surface area (Å²) in [6.45, 7) is 4.33. The van der Waals surface area contributed by atoms with Gasteiger partial charge in [0, 0.05) is 6.08 Å². The Bertz CT molecular complexity index is 195. The van der Waals surface area contributed by atoms with Gasteiger partial charge in [0.05, 0.1) is 12.2 Å². The number of rotatable bonds is 2. The molecule has 0 bridgehead atoms. The number of aliphatic hydroxyl groups excluding tert-OH is 1. The number of allylic oxidation sites excluding steroid dienone is 2. The molecule has 0 radical (unpaired) electrons. The zero-order chi connectivity index (χ0) is 7.82. The first-order valence-corrected chi connectivity index (χ1v) is 3.00. The Morgan fingerprint density at radius 2 is 2.40 bits per heavy atom. The molecule has 3 heteroatoms. The molecule has 0 saturated heterocycles. The average Bonchev–Trinajstić information content (AvgIpc) is 1.97. The van der Waals surface area contributed by atoms with E-state index in [1.807, 2.05) is 6.92 Å². The molecule has 0 aliphatic carbocycles. The fraction of sp³-hybridized carbons (Fsp3) is 0.429. The van der Waals surface area contributed by atoms with Crippen LogP contribution in [0.5, 0.6) is 0 Å². The van der Waals surface area contributed by atoms with Gasteiger partial charge in [-0.2, -0.15) is 10.2 Å². The predicted molar refractivity (Wildman–Crippen MR) is 38.9 cm³/mol. The van der Waals surface area contributed by atoms with E-state index in [4.69, 9.17) is 5.11 Å². The smallest absolute Gasteiger partial charge is 0.112 e. The molecule has 0 aliphatic heterocycles. The van der Waals surface area contributed by atoms with E-state index in [0.29, 0.717) is 12.2 Å². The van der Waals surface area contributed by atoms with E-state index in [2.05, 4.69) is 16.1 Å². The second kappa shape index (κ2) is 5.83. The van der Waals surface area contributed by atoms with Crippen LogP contribution in [0, 0.1) is 12.0 Å². The normalized spacial score (nSPS) is 11.2. The highest BCUT2D eigenvalue weighted by atomic mass is 16.2. The molecule has 0 aromatic rings. The minimum Gasteiger partial charge on any atom is -0.462 e. The van der Waals surface area contributed by atoms with Gasteiger partial charge in [0.2, 0.25) is 0 Å². The molecule has 0 aliphatic rings. The van der Waals surface area contributed by atoms with E-state index < -0.39 is 0 Å². The van der Waals surface area contributed by atoms with Gasteiger partial charge in [0.25, 0.3) is 0 Å². The summed E-state index contributed by atoms with van der Waals surface area (Å²) in [6, 6.07) is 0. The molecule has 0 saturated carbocycles. The van der Waals surface area contributed by atoms with E-state index in [0.717, 1.165) is 0 Å². The SMILES string of the molecule is CCN=N/C(C)=C\C#CO. The lowest BCUT2D eigenvalue weighted by Gasteiger charge is -1.82. The Hall–Kier alpha value is -1.30. The van der Waals surface area contributed by atoms with Crippen LogP contribution in [-0.2, 0) is 0 Å². The van der Waals surface area contributed by atoms with Crippen molar-refractivity contribution in [3.63, 3.8) is 0 Å². The van der Waals surface area contributed by atoms with Gasteiger partial charge in [0.15, 0.2) is 0 Å². The van der Waals surface area contributed by atoms with Crippen molar-refractivity contribution in [3.8, 4) is 12.0 Å². The number of hydrogen-bond acceptors (Lipinski definition) is 3. The van der Waals surface area contributed by atoms with Gasteiger partial charge in [0.1, 0.15) is 6.11 Å². The van der Waals surface area contributed by atoms with E-state index >= 15 is 0 Å². The predicted octanol–water partition coefficient (Wildman–Crippen LogP) is 1.70. The Kier molecular flexibility index (Phi) is 5.07. The van der Waals surface area contributed by atoms with E-state index in [1.165, 1.54) is 6.08 Å².